The Kier molecular flexibility index (Phi) is 4.05. The molecule has 0 spiro atoms. The molecule has 0 saturated heterocycles. The monoisotopic (exact) mass is 248 g/mol. The van der Waals surface area contributed by atoms with Gasteiger partial charge in [-0.1, -0.05) is 18.2 Å². The van der Waals surface area contributed by atoms with Gasteiger partial charge in [-0.2, -0.15) is 0 Å². The van der Waals surface area contributed by atoms with Crippen LogP contribution in [0.3, 0.4) is 0 Å². The van der Waals surface area contributed by atoms with Gasteiger partial charge in [-0.15, -0.1) is 0 Å². The minimum absolute atomic E-state index is 0.744. The maximum absolute atomic E-state index is 10.0. The van der Waals surface area contributed by atoms with Crippen LogP contribution in [0, 0.1) is 0 Å². The van der Waals surface area contributed by atoms with Crippen molar-refractivity contribution in [3.8, 4) is 0 Å². The van der Waals surface area contributed by atoms with Crippen molar-refractivity contribution in [2.24, 2.45) is 5.73 Å². The maximum Gasteiger partial charge on any atom is 0.0840 e. The Morgan fingerprint density at radius 2 is 2.11 bits per heavy atom. The molecular formula is C15H24N2O. The van der Waals surface area contributed by atoms with E-state index in [1.807, 2.05) is 19.9 Å². The van der Waals surface area contributed by atoms with Gasteiger partial charge in [-0.05, 0) is 56.5 Å². The van der Waals surface area contributed by atoms with E-state index in [-0.39, 0.29) is 0 Å². The lowest BCUT2D eigenvalue weighted by Crippen LogP contribution is -2.32. The number of rotatable bonds is 4. The van der Waals surface area contributed by atoms with Crippen molar-refractivity contribution in [3.05, 3.63) is 34.9 Å². The fraction of sp³-hybridized carbons (Fsp3) is 0.600. The van der Waals surface area contributed by atoms with Crippen molar-refractivity contribution in [1.29, 1.82) is 0 Å². The van der Waals surface area contributed by atoms with Gasteiger partial charge in [0, 0.05) is 13.1 Å². The van der Waals surface area contributed by atoms with Gasteiger partial charge in [0.15, 0.2) is 0 Å². The summed E-state index contributed by atoms with van der Waals surface area (Å²) in [6.45, 7) is 7.64. The van der Waals surface area contributed by atoms with Crippen molar-refractivity contribution < 1.29 is 5.11 Å². The topological polar surface area (TPSA) is 49.5 Å². The number of nitrogens with zero attached hydrogens (tertiary/aromatic N) is 1. The lowest BCUT2D eigenvalue weighted by Gasteiger charge is -2.30. The molecule has 0 radical (unpaired) electrons. The van der Waals surface area contributed by atoms with E-state index >= 15 is 0 Å². The van der Waals surface area contributed by atoms with E-state index in [1.54, 1.807) is 0 Å². The molecule has 0 unspecified atom stereocenters. The molecule has 3 N–H and O–H groups in total. The summed E-state index contributed by atoms with van der Waals surface area (Å²) in [7, 11) is 0. The molecule has 0 bridgehead atoms. The lowest BCUT2D eigenvalue weighted by molar-refractivity contribution is 0.0784. The summed E-state index contributed by atoms with van der Waals surface area (Å²) in [5.41, 5.74) is 8.60. The highest BCUT2D eigenvalue weighted by Crippen LogP contribution is 2.26. The molecule has 0 saturated carbocycles. The van der Waals surface area contributed by atoms with Crippen molar-refractivity contribution in [3.63, 3.8) is 0 Å². The Balaban J connectivity index is 2.11. The fourth-order valence-corrected chi connectivity index (χ4v) is 2.50. The second-order valence-corrected chi connectivity index (χ2v) is 5.71. The van der Waals surface area contributed by atoms with Crippen LogP contribution in [0.4, 0.5) is 0 Å². The minimum atomic E-state index is -0.744. The first-order chi connectivity index (χ1) is 8.50. The van der Waals surface area contributed by atoms with Crippen LogP contribution in [-0.2, 0) is 18.6 Å². The predicted octanol–water partition coefficient (Wildman–Crippen LogP) is 1.62. The lowest BCUT2D eigenvalue weighted by atomic mass is 9.91. The van der Waals surface area contributed by atoms with Gasteiger partial charge in [0.2, 0.25) is 0 Å². The van der Waals surface area contributed by atoms with E-state index in [0.29, 0.717) is 0 Å². The molecule has 0 amide bonds. The Morgan fingerprint density at radius 1 is 1.33 bits per heavy atom. The molecule has 0 fully saturated rings. The second kappa shape index (κ2) is 5.39. The van der Waals surface area contributed by atoms with Crippen LogP contribution in [-0.4, -0.2) is 29.6 Å². The number of nitrogens with two attached hydrogens (primary N) is 1. The van der Waals surface area contributed by atoms with Crippen LogP contribution in [0.5, 0.6) is 0 Å². The van der Waals surface area contributed by atoms with Gasteiger partial charge in [0.05, 0.1) is 5.60 Å². The molecule has 100 valence electrons. The third kappa shape index (κ3) is 3.10. The third-order valence-corrected chi connectivity index (χ3v) is 3.68. The van der Waals surface area contributed by atoms with E-state index < -0.39 is 5.60 Å². The zero-order chi connectivity index (χ0) is 13.2. The maximum atomic E-state index is 10.0. The summed E-state index contributed by atoms with van der Waals surface area (Å²) < 4.78 is 0. The van der Waals surface area contributed by atoms with Crippen LogP contribution in [0.15, 0.2) is 18.2 Å². The number of hydrogen-bond donors (Lipinski definition) is 2. The van der Waals surface area contributed by atoms with E-state index in [9.17, 15) is 5.11 Å². The minimum Gasteiger partial charge on any atom is -0.386 e. The quantitative estimate of drug-likeness (QED) is 0.851. The molecule has 0 atom stereocenters. The smallest absolute Gasteiger partial charge is 0.0840 e. The summed E-state index contributed by atoms with van der Waals surface area (Å²) in [6.07, 6.45) is 2.14. The highest BCUT2D eigenvalue weighted by molar-refractivity contribution is 5.36. The summed E-state index contributed by atoms with van der Waals surface area (Å²) in [5, 5.41) is 10.0. The molecule has 2 rings (SSSR count). The van der Waals surface area contributed by atoms with E-state index in [1.165, 1.54) is 11.1 Å². The van der Waals surface area contributed by atoms with Gasteiger partial charge < -0.3 is 10.8 Å². The molecular weight excluding hydrogens is 224 g/mol. The van der Waals surface area contributed by atoms with Crippen LogP contribution >= 0.6 is 0 Å². The number of hydrogen-bond acceptors (Lipinski definition) is 3. The van der Waals surface area contributed by atoms with Gasteiger partial charge in [0.1, 0.15) is 0 Å². The van der Waals surface area contributed by atoms with Crippen molar-refractivity contribution in [2.45, 2.75) is 38.8 Å². The van der Waals surface area contributed by atoms with Gasteiger partial charge >= 0.3 is 0 Å². The number of benzene rings is 1. The average Bonchev–Trinajstić information content (AvgIpc) is 2.34. The average molecular weight is 248 g/mol. The predicted molar refractivity (Wildman–Crippen MR) is 74.3 cm³/mol. The summed E-state index contributed by atoms with van der Waals surface area (Å²) in [4.78, 5) is 2.46. The Hall–Kier alpha value is -0.900. The van der Waals surface area contributed by atoms with E-state index in [0.717, 1.165) is 44.6 Å². The molecule has 1 aromatic carbocycles. The normalized spacial score (nSPS) is 16.7. The molecule has 1 aliphatic rings. The summed E-state index contributed by atoms with van der Waals surface area (Å²) in [6, 6.07) is 6.37. The standard InChI is InChI=1S/C15H24N2O/c1-15(2,18)14-5-4-13-11-17(8-3-7-16)9-6-12(13)10-14/h4-5,10,18H,3,6-9,11,16H2,1-2H3. The third-order valence-electron chi connectivity index (χ3n) is 3.68. The summed E-state index contributed by atoms with van der Waals surface area (Å²) >= 11 is 0. The highest BCUT2D eigenvalue weighted by Gasteiger charge is 2.20. The van der Waals surface area contributed by atoms with E-state index in [2.05, 4.69) is 17.0 Å². The van der Waals surface area contributed by atoms with E-state index in [4.69, 9.17) is 5.73 Å². The van der Waals surface area contributed by atoms with Crippen molar-refractivity contribution in [1.82, 2.24) is 4.90 Å². The molecule has 1 aliphatic heterocycles. The first kappa shape index (κ1) is 13.5. The Bertz CT molecular complexity index is 409. The zero-order valence-corrected chi connectivity index (χ0v) is 11.4. The molecule has 1 aromatic rings. The number of fused-ring (bicyclic) bond motifs is 1. The SMILES string of the molecule is CC(C)(O)c1ccc2c(c1)CCN(CCCN)C2. The number of aliphatic hydroxyl groups is 1. The first-order valence-corrected chi connectivity index (χ1v) is 6.78. The fourth-order valence-electron chi connectivity index (χ4n) is 2.50. The van der Waals surface area contributed by atoms with Crippen LogP contribution in [0.25, 0.3) is 0 Å². The van der Waals surface area contributed by atoms with Crippen LogP contribution in [0.1, 0.15) is 37.0 Å². The molecule has 0 aromatic heterocycles. The van der Waals surface area contributed by atoms with Crippen molar-refractivity contribution in [2.75, 3.05) is 19.6 Å². The van der Waals surface area contributed by atoms with Crippen molar-refractivity contribution >= 4 is 0 Å². The van der Waals surface area contributed by atoms with Gasteiger partial charge in [-0.25, -0.2) is 0 Å². The molecule has 3 nitrogen and oxygen atoms in total. The van der Waals surface area contributed by atoms with Gasteiger partial charge in [-0.3, -0.25) is 4.90 Å². The molecule has 1 heterocycles. The Labute approximate surface area is 110 Å². The van der Waals surface area contributed by atoms with Gasteiger partial charge in [0.25, 0.3) is 0 Å². The van der Waals surface area contributed by atoms with Crippen LogP contribution in [0.2, 0.25) is 0 Å². The second-order valence-electron chi connectivity index (χ2n) is 5.71. The van der Waals surface area contributed by atoms with Crippen LogP contribution < -0.4 is 5.73 Å². The highest BCUT2D eigenvalue weighted by atomic mass is 16.3. The zero-order valence-electron chi connectivity index (χ0n) is 11.4. The molecule has 18 heavy (non-hydrogen) atoms. The summed E-state index contributed by atoms with van der Waals surface area (Å²) in [5.74, 6) is 0. The largest absolute Gasteiger partial charge is 0.386 e. The Morgan fingerprint density at radius 3 is 2.78 bits per heavy atom. The molecule has 3 heteroatoms. The molecule has 0 aliphatic carbocycles. The first-order valence-electron chi connectivity index (χ1n) is 6.78.